The van der Waals surface area contributed by atoms with Gasteiger partial charge in [-0.25, -0.2) is 9.37 Å². The molecule has 8 heteroatoms. The van der Waals surface area contributed by atoms with Crippen molar-refractivity contribution in [2.75, 3.05) is 6.54 Å². The maximum atomic E-state index is 13.3. The lowest BCUT2D eigenvalue weighted by Gasteiger charge is -2.25. The number of aromatic nitrogens is 2. The number of hydrogen-bond acceptors (Lipinski definition) is 4. The molecule has 3 aromatic rings. The number of ketones is 1. The molecule has 2 aromatic carbocycles. The minimum Gasteiger partial charge on any atom is -0.507 e. The zero-order valence-corrected chi connectivity index (χ0v) is 16.4. The summed E-state index contributed by atoms with van der Waals surface area (Å²) in [4.78, 5) is 34.1. The Balaban J connectivity index is 1.79. The van der Waals surface area contributed by atoms with E-state index in [2.05, 4.69) is 9.97 Å². The normalized spacial score (nSPS) is 18.2. The van der Waals surface area contributed by atoms with Gasteiger partial charge in [0.25, 0.3) is 11.7 Å². The number of halogens is 2. The maximum absolute atomic E-state index is 13.3. The first-order chi connectivity index (χ1) is 14.5. The molecule has 4 rings (SSSR count). The summed E-state index contributed by atoms with van der Waals surface area (Å²) < 4.78 is 13.3. The van der Waals surface area contributed by atoms with Crippen LogP contribution in [0.2, 0.25) is 5.02 Å². The second kappa shape index (κ2) is 8.12. The molecule has 0 radical (unpaired) electrons. The number of Topliss-reactive ketones (excluding diaryl/α,β-unsaturated/α-hetero) is 1. The third-order valence-electron chi connectivity index (χ3n) is 5.02. The molecule has 0 aliphatic carbocycles. The molecule has 2 heterocycles. The molecule has 1 fully saturated rings. The molecule has 0 unspecified atom stereocenters. The molecule has 1 aliphatic rings. The van der Waals surface area contributed by atoms with E-state index in [0.717, 1.165) is 5.69 Å². The van der Waals surface area contributed by atoms with Gasteiger partial charge in [0.05, 0.1) is 17.9 Å². The van der Waals surface area contributed by atoms with Gasteiger partial charge in [-0.1, -0.05) is 23.7 Å². The Morgan fingerprint density at radius 1 is 1.13 bits per heavy atom. The number of aliphatic hydroxyl groups is 1. The number of nitrogens with one attached hydrogen (secondary N) is 1. The summed E-state index contributed by atoms with van der Waals surface area (Å²) in [6.45, 7) is 0.236. The highest BCUT2D eigenvalue weighted by atomic mass is 35.5. The van der Waals surface area contributed by atoms with E-state index in [-0.39, 0.29) is 23.4 Å². The van der Waals surface area contributed by atoms with Crippen molar-refractivity contribution in [1.82, 2.24) is 14.9 Å². The highest BCUT2D eigenvalue weighted by molar-refractivity contribution is 6.46. The second-order valence-electron chi connectivity index (χ2n) is 6.88. The summed E-state index contributed by atoms with van der Waals surface area (Å²) in [5.41, 5.74) is 1.65. The number of amides is 1. The zero-order valence-electron chi connectivity index (χ0n) is 15.7. The number of rotatable bonds is 5. The van der Waals surface area contributed by atoms with Gasteiger partial charge >= 0.3 is 0 Å². The smallest absolute Gasteiger partial charge is 0.295 e. The van der Waals surface area contributed by atoms with E-state index in [0.29, 0.717) is 17.0 Å². The van der Waals surface area contributed by atoms with Crippen molar-refractivity contribution in [3.63, 3.8) is 0 Å². The van der Waals surface area contributed by atoms with Crippen LogP contribution in [0, 0.1) is 5.82 Å². The van der Waals surface area contributed by atoms with Crippen LogP contribution in [-0.2, 0) is 16.0 Å². The first-order valence-electron chi connectivity index (χ1n) is 9.23. The summed E-state index contributed by atoms with van der Waals surface area (Å²) in [6, 6.07) is 11.0. The summed E-state index contributed by atoms with van der Waals surface area (Å²) in [5, 5.41) is 11.4. The summed E-state index contributed by atoms with van der Waals surface area (Å²) in [5.74, 6) is -2.32. The van der Waals surface area contributed by atoms with Crippen molar-refractivity contribution >= 4 is 29.1 Å². The van der Waals surface area contributed by atoms with Crippen LogP contribution in [0.1, 0.15) is 22.9 Å². The highest BCUT2D eigenvalue weighted by Gasteiger charge is 2.45. The minimum absolute atomic E-state index is 0.0430. The monoisotopic (exact) mass is 425 g/mol. The molecule has 152 valence electrons. The fourth-order valence-electron chi connectivity index (χ4n) is 3.53. The molecule has 0 saturated carbocycles. The molecule has 1 amide bonds. The average molecular weight is 426 g/mol. The van der Waals surface area contributed by atoms with Gasteiger partial charge in [0, 0.05) is 35.4 Å². The third kappa shape index (κ3) is 3.71. The van der Waals surface area contributed by atoms with Gasteiger partial charge in [-0.3, -0.25) is 9.59 Å². The molecular weight excluding hydrogens is 409 g/mol. The Kier molecular flexibility index (Phi) is 5.37. The van der Waals surface area contributed by atoms with Crippen molar-refractivity contribution in [1.29, 1.82) is 0 Å². The number of carbonyl (C=O) groups excluding carboxylic acids is 2. The Labute approximate surface area is 176 Å². The van der Waals surface area contributed by atoms with E-state index in [9.17, 15) is 19.1 Å². The number of aliphatic hydroxyl groups excluding tert-OH is 1. The molecule has 0 bridgehead atoms. The number of carbonyl (C=O) groups is 2. The third-order valence-corrected chi connectivity index (χ3v) is 5.27. The number of nitrogens with zero attached hydrogens (tertiary/aromatic N) is 2. The lowest BCUT2D eigenvalue weighted by Crippen LogP contribution is -2.31. The molecule has 2 N–H and O–H groups in total. The molecule has 1 atom stereocenters. The number of H-pyrrole nitrogens is 1. The first-order valence-corrected chi connectivity index (χ1v) is 9.60. The predicted molar refractivity (Wildman–Crippen MR) is 109 cm³/mol. The van der Waals surface area contributed by atoms with E-state index in [1.807, 2.05) is 0 Å². The average Bonchev–Trinajstić information content (AvgIpc) is 3.34. The second-order valence-corrected chi connectivity index (χ2v) is 7.31. The fraction of sp³-hybridized carbons (Fsp3) is 0.136. The van der Waals surface area contributed by atoms with Gasteiger partial charge in [-0.2, -0.15) is 0 Å². The summed E-state index contributed by atoms with van der Waals surface area (Å²) in [7, 11) is 0. The van der Waals surface area contributed by atoms with Gasteiger partial charge in [0.2, 0.25) is 0 Å². The van der Waals surface area contributed by atoms with E-state index in [4.69, 9.17) is 11.6 Å². The van der Waals surface area contributed by atoms with E-state index in [1.54, 1.807) is 30.5 Å². The van der Waals surface area contributed by atoms with Crippen LogP contribution >= 0.6 is 11.6 Å². The van der Waals surface area contributed by atoms with Crippen LogP contribution in [0.3, 0.4) is 0 Å². The molecule has 0 spiro atoms. The molecule has 1 saturated heterocycles. The van der Waals surface area contributed by atoms with Crippen LogP contribution < -0.4 is 0 Å². The van der Waals surface area contributed by atoms with Crippen molar-refractivity contribution < 1.29 is 19.1 Å². The van der Waals surface area contributed by atoms with E-state index >= 15 is 0 Å². The predicted octanol–water partition coefficient (Wildman–Crippen LogP) is 3.87. The van der Waals surface area contributed by atoms with Gasteiger partial charge in [-0.05, 0) is 42.0 Å². The highest BCUT2D eigenvalue weighted by Crippen LogP contribution is 2.39. The number of hydrogen-bond donors (Lipinski definition) is 2. The van der Waals surface area contributed by atoms with E-state index in [1.165, 1.54) is 35.5 Å². The van der Waals surface area contributed by atoms with Crippen molar-refractivity contribution in [2.24, 2.45) is 0 Å². The first kappa shape index (κ1) is 19.8. The Morgan fingerprint density at radius 2 is 1.83 bits per heavy atom. The van der Waals surface area contributed by atoms with Crippen LogP contribution in [0.5, 0.6) is 0 Å². The molecule has 30 heavy (non-hydrogen) atoms. The number of likely N-dealkylation sites (tertiary alicyclic amines) is 1. The van der Waals surface area contributed by atoms with Crippen LogP contribution in [0.15, 0.2) is 66.6 Å². The number of aromatic amines is 1. The molecular formula is C22H17ClFN3O3. The van der Waals surface area contributed by atoms with Crippen LogP contribution in [0.25, 0.3) is 5.76 Å². The summed E-state index contributed by atoms with van der Waals surface area (Å²) >= 11 is 5.99. The Hall–Kier alpha value is -3.45. The number of benzene rings is 2. The number of imidazole rings is 1. The lowest BCUT2D eigenvalue weighted by molar-refractivity contribution is -0.139. The van der Waals surface area contributed by atoms with Crippen LogP contribution in [0.4, 0.5) is 4.39 Å². The lowest BCUT2D eigenvalue weighted by atomic mass is 9.95. The maximum Gasteiger partial charge on any atom is 0.295 e. The minimum atomic E-state index is -0.796. The molecule has 1 aromatic heterocycles. The quantitative estimate of drug-likeness (QED) is 0.369. The fourth-order valence-corrected chi connectivity index (χ4v) is 3.65. The van der Waals surface area contributed by atoms with Crippen molar-refractivity contribution in [2.45, 2.75) is 12.5 Å². The van der Waals surface area contributed by atoms with E-state index < -0.39 is 23.5 Å². The van der Waals surface area contributed by atoms with Crippen LogP contribution in [-0.4, -0.2) is 38.2 Å². The zero-order chi connectivity index (χ0) is 21.3. The molecule has 1 aliphatic heterocycles. The Bertz CT molecular complexity index is 1110. The summed E-state index contributed by atoms with van der Waals surface area (Å²) in [6.07, 6.45) is 3.63. The largest absolute Gasteiger partial charge is 0.507 e. The van der Waals surface area contributed by atoms with Gasteiger partial charge in [-0.15, -0.1) is 0 Å². The van der Waals surface area contributed by atoms with Gasteiger partial charge in [0.1, 0.15) is 11.6 Å². The molecule has 6 nitrogen and oxygen atoms in total. The van der Waals surface area contributed by atoms with Gasteiger partial charge < -0.3 is 15.0 Å². The Morgan fingerprint density at radius 3 is 2.47 bits per heavy atom. The standard InChI is InChI=1S/C22H17ClFN3O3/c23-15-5-1-13(2-6-15)19-18(20(28)14-3-7-16(24)8-4-14)21(29)22(30)27(19)10-9-17-11-25-12-26-17/h1-8,11-12,19,28H,9-10H2,(H,25,26)/t19-/m1/s1. The van der Waals surface area contributed by atoms with Crippen molar-refractivity contribution in [3.8, 4) is 0 Å². The van der Waals surface area contributed by atoms with Crippen molar-refractivity contribution in [3.05, 3.63) is 94.3 Å². The SMILES string of the molecule is O=C1C(=O)N(CCc2cnc[nH]2)[C@H](c2ccc(Cl)cc2)C1=C(O)c1ccc(F)cc1. The van der Waals surface area contributed by atoms with Gasteiger partial charge in [0.15, 0.2) is 0 Å². The topological polar surface area (TPSA) is 86.3 Å².